The lowest BCUT2D eigenvalue weighted by atomic mass is 10.00. The third-order valence-corrected chi connectivity index (χ3v) is 6.70. The zero-order valence-corrected chi connectivity index (χ0v) is 19.7. The highest BCUT2D eigenvalue weighted by Gasteiger charge is 2.29. The molecule has 3 aromatic rings. The molecule has 1 aromatic heterocycles. The molecule has 34 heavy (non-hydrogen) atoms. The van der Waals surface area contributed by atoms with Crippen molar-refractivity contribution in [2.45, 2.75) is 30.3 Å². The molecule has 4 rings (SSSR count). The van der Waals surface area contributed by atoms with Crippen LogP contribution in [0.15, 0.2) is 47.1 Å². The summed E-state index contributed by atoms with van der Waals surface area (Å²) in [5.41, 5.74) is 6.38. The second kappa shape index (κ2) is 10.1. The largest absolute Gasteiger partial charge is 0.496 e. The van der Waals surface area contributed by atoms with Crippen molar-refractivity contribution in [3.8, 4) is 16.9 Å². The number of hydrogen-bond acceptors (Lipinski definition) is 7. The van der Waals surface area contributed by atoms with Gasteiger partial charge in [-0.25, -0.2) is 27.0 Å². The van der Waals surface area contributed by atoms with Crippen LogP contribution in [0.25, 0.3) is 22.2 Å². The molecule has 0 aliphatic heterocycles. The Morgan fingerprint density at radius 2 is 2.06 bits per heavy atom. The number of nitrogens with zero attached hydrogens (tertiary/aromatic N) is 3. The molecule has 182 valence electrons. The average molecular weight is 512 g/mol. The fourth-order valence-electron chi connectivity index (χ4n) is 3.40. The number of ether oxygens (including phenoxy) is 1. The molecular weight excluding hydrogens is 489 g/mol. The Hall–Kier alpha value is -3.06. The van der Waals surface area contributed by atoms with E-state index in [0.717, 1.165) is 12.8 Å². The van der Waals surface area contributed by atoms with Crippen LogP contribution in [-0.2, 0) is 16.6 Å². The maximum absolute atomic E-state index is 14.1. The lowest BCUT2D eigenvalue weighted by molar-refractivity contribution is 0.0697. The molecule has 0 radical (unpaired) electrons. The number of carboxylic acids is 1. The number of sulfonamides is 1. The molecule has 1 aliphatic rings. The van der Waals surface area contributed by atoms with Gasteiger partial charge in [0.2, 0.25) is 10.0 Å². The highest BCUT2D eigenvalue weighted by atomic mass is 35.5. The number of aromatic nitrogens is 3. The van der Waals surface area contributed by atoms with Gasteiger partial charge in [0, 0.05) is 23.7 Å². The SMILES string of the molecule is COc1ccc(S(=O)(=O)NC2CC2)cc1-c1cc(C(=O)O)cc2c1nnn2C/C(F)=C/CN.Cl. The molecule has 0 atom stereocenters. The number of rotatable bonds is 9. The lowest BCUT2D eigenvalue weighted by Crippen LogP contribution is -2.25. The van der Waals surface area contributed by atoms with Crippen molar-refractivity contribution >= 4 is 39.4 Å². The molecule has 4 N–H and O–H groups in total. The number of carbonyl (C=O) groups is 1. The van der Waals surface area contributed by atoms with Gasteiger partial charge in [0.1, 0.15) is 17.1 Å². The molecule has 10 nitrogen and oxygen atoms in total. The number of hydrogen-bond donors (Lipinski definition) is 3. The zero-order chi connectivity index (χ0) is 23.8. The second-order valence-corrected chi connectivity index (χ2v) is 9.30. The maximum Gasteiger partial charge on any atom is 0.335 e. The minimum atomic E-state index is -3.78. The first kappa shape index (κ1) is 25.6. The van der Waals surface area contributed by atoms with Crippen LogP contribution in [0.2, 0.25) is 0 Å². The number of nitrogens with one attached hydrogen (secondary N) is 1. The summed E-state index contributed by atoms with van der Waals surface area (Å²) in [4.78, 5) is 11.8. The van der Waals surface area contributed by atoms with Gasteiger partial charge >= 0.3 is 5.97 Å². The van der Waals surface area contributed by atoms with E-state index in [1.165, 1.54) is 48.2 Å². The number of halogens is 2. The highest BCUT2D eigenvalue weighted by Crippen LogP contribution is 2.37. The number of aromatic carboxylic acids is 1. The van der Waals surface area contributed by atoms with Crippen molar-refractivity contribution < 1.29 is 27.4 Å². The van der Waals surface area contributed by atoms with Gasteiger partial charge in [0.25, 0.3) is 0 Å². The Morgan fingerprint density at radius 3 is 2.68 bits per heavy atom. The van der Waals surface area contributed by atoms with Gasteiger partial charge in [-0.1, -0.05) is 5.21 Å². The third kappa shape index (κ3) is 5.20. The number of fused-ring (bicyclic) bond motifs is 1. The first-order valence-corrected chi connectivity index (χ1v) is 11.6. The summed E-state index contributed by atoms with van der Waals surface area (Å²) >= 11 is 0. The summed E-state index contributed by atoms with van der Waals surface area (Å²) in [6, 6.07) is 6.91. The molecule has 0 bridgehead atoms. The summed E-state index contributed by atoms with van der Waals surface area (Å²) < 4.78 is 48.8. The van der Waals surface area contributed by atoms with E-state index in [9.17, 15) is 22.7 Å². The zero-order valence-electron chi connectivity index (χ0n) is 18.1. The summed E-state index contributed by atoms with van der Waals surface area (Å²) in [6.45, 7) is -0.287. The molecule has 1 heterocycles. The summed E-state index contributed by atoms with van der Waals surface area (Å²) in [6.07, 6.45) is 2.74. The third-order valence-electron chi connectivity index (χ3n) is 5.18. The molecule has 1 aliphatic carbocycles. The Morgan fingerprint density at radius 1 is 1.32 bits per heavy atom. The molecule has 0 unspecified atom stereocenters. The average Bonchev–Trinajstić information content (AvgIpc) is 3.50. The van der Waals surface area contributed by atoms with Crippen molar-refractivity contribution in [1.82, 2.24) is 19.7 Å². The summed E-state index contributed by atoms with van der Waals surface area (Å²) in [7, 11) is -2.37. The number of carboxylic acid groups (broad SMARTS) is 1. The normalized spacial score (nSPS) is 14.1. The Kier molecular flexibility index (Phi) is 7.56. The van der Waals surface area contributed by atoms with Crippen LogP contribution in [-0.4, -0.2) is 54.2 Å². The summed E-state index contributed by atoms with van der Waals surface area (Å²) in [5, 5.41) is 17.7. The second-order valence-electron chi connectivity index (χ2n) is 7.59. The monoisotopic (exact) mass is 511 g/mol. The van der Waals surface area contributed by atoms with Gasteiger partial charge < -0.3 is 15.6 Å². The Labute approximate surface area is 201 Å². The Balaban J connectivity index is 0.00000324. The van der Waals surface area contributed by atoms with E-state index in [0.29, 0.717) is 16.9 Å². The van der Waals surface area contributed by atoms with E-state index < -0.39 is 21.8 Å². The highest BCUT2D eigenvalue weighted by molar-refractivity contribution is 7.89. The van der Waals surface area contributed by atoms with Gasteiger partial charge in [-0.05, 0) is 49.2 Å². The van der Waals surface area contributed by atoms with Crippen molar-refractivity contribution in [2.75, 3.05) is 13.7 Å². The predicted octanol–water partition coefficient (Wildman–Crippen LogP) is 2.48. The van der Waals surface area contributed by atoms with Crippen LogP contribution >= 0.6 is 12.4 Å². The van der Waals surface area contributed by atoms with E-state index in [1.54, 1.807) is 0 Å². The van der Waals surface area contributed by atoms with Gasteiger partial charge in [-0.3, -0.25) is 0 Å². The van der Waals surface area contributed by atoms with Gasteiger partial charge in [-0.15, -0.1) is 17.5 Å². The van der Waals surface area contributed by atoms with Crippen LogP contribution in [0.5, 0.6) is 5.75 Å². The van der Waals surface area contributed by atoms with E-state index >= 15 is 0 Å². The van der Waals surface area contributed by atoms with E-state index in [1.807, 2.05) is 0 Å². The van der Waals surface area contributed by atoms with Crippen molar-refractivity contribution in [1.29, 1.82) is 0 Å². The number of benzene rings is 2. The van der Waals surface area contributed by atoms with Crippen LogP contribution in [0.4, 0.5) is 4.39 Å². The van der Waals surface area contributed by atoms with E-state index in [-0.39, 0.29) is 53.0 Å². The minimum Gasteiger partial charge on any atom is -0.496 e. The number of allylic oxidation sites excluding steroid dienone is 1. The van der Waals surface area contributed by atoms with Crippen LogP contribution < -0.4 is 15.2 Å². The maximum atomic E-state index is 14.1. The topological polar surface area (TPSA) is 149 Å². The fourth-order valence-corrected chi connectivity index (χ4v) is 4.73. The first-order valence-electron chi connectivity index (χ1n) is 10.1. The quantitative estimate of drug-likeness (QED) is 0.396. The van der Waals surface area contributed by atoms with Crippen molar-refractivity contribution in [3.63, 3.8) is 0 Å². The van der Waals surface area contributed by atoms with Crippen molar-refractivity contribution in [3.05, 3.63) is 47.8 Å². The number of methoxy groups -OCH3 is 1. The smallest absolute Gasteiger partial charge is 0.335 e. The molecule has 1 fully saturated rings. The van der Waals surface area contributed by atoms with Crippen LogP contribution in [0.1, 0.15) is 23.2 Å². The number of nitrogens with two attached hydrogens (primary N) is 1. The van der Waals surface area contributed by atoms with E-state index in [2.05, 4.69) is 15.0 Å². The van der Waals surface area contributed by atoms with Gasteiger partial charge in [0.05, 0.1) is 29.6 Å². The molecule has 0 spiro atoms. The minimum absolute atomic E-state index is 0. The summed E-state index contributed by atoms with van der Waals surface area (Å²) in [5.74, 6) is -1.46. The van der Waals surface area contributed by atoms with Crippen molar-refractivity contribution in [2.24, 2.45) is 5.73 Å². The predicted molar refractivity (Wildman–Crippen MR) is 125 cm³/mol. The molecular formula is C21H23ClFN5O5S. The standard InChI is InChI=1S/C21H22FN5O5S.ClH/c1-32-19-5-4-15(33(30,31)25-14-2-3-14)10-16(19)17-8-12(21(28)29)9-18-20(17)24-26-27(18)11-13(22)6-7-23;/h4-6,8-10,14,25H,2-3,7,11,23H2,1H3,(H,28,29);1H/b13-6-;. The fraction of sp³-hybridized carbons (Fsp3) is 0.286. The Bertz CT molecular complexity index is 1370. The van der Waals surface area contributed by atoms with Crippen LogP contribution in [0.3, 0.4) is 0 Å². The van der Waals surface area contributed by atoms with Gasteiger partial charge in [-0.2, -0.15) is 0 Å². The molecule has 0 saturated heterocycles. The van der Waals surface area contributed by atoms with Gasteiger partial charge in [0.15, 0.2) is 0 Å². The molecule has 1 saturated carbocycles. The van der Waals surface area contributed by atoms with Crippen LogP contribution in [0, 0.1) is 0 Å². The van der Waals surface area contributed by atoms with E-state index in [4.69, 9.17) is 10.5 Å². The lowest BCUT2D eigenvalue weighted by Gasteiger charge is -2.13. The first-order chi connectivity index (χ1) is 15.7. The molecule has 13 heteroatoms. The molecule has 2 aromatic carbocycles. The molecule has 0 amide bonds.